The molecule has 1 aliphatic carbocycles. The van der Waals surface area contributed by atoms with Gasteiger partial charge in [-0.3, -0.25) is 9.59 Å². The van der Waals surface area contributed by atoms with Crippen molar-refractivity contribution in [2.45, 2.75) is 13.3 Å². The van der Waals surface area contributed by atoms with Crippen molar-refractivity contribution in [3.05, 3.63) is 88.4 Å². The Kier molecular flexibility index (Phi) is 5.26. The molecule has 1 N–H and O–H groups in total. The van der Waals surface area contributed by atoms with Crippen molar-refractivity contribution in [2.75, 3.05) is 11.9 Å². The third-order valence-electron chi connectivity index (χ3n) is 4.68. The van der Waals surface area contributed by atoms with E-state index in [9.17, 15) is 14.4 Å². The number of fused-ring (bicyclic) bond motifs is 1. The number of rotatable bonds is 5. The van der Waals surface area contributed by atoms with Gasteiger partial charge >= 0.3 is 5.97 Å². The Balaban J connectivity index is 1.81. The number of nitrogens with one attached hydrogen (secondary N) is 1. The molecular formula is C23H19N3O4. The fourth-order valence-corrected chi connectivity index (χ4v) is 3.19. The van der Waals surface area contributed by atoms with E-state index < -0.39 is 5.97 Å². The minimum absolute atomic E-state index is 0.0556. The number of nitrogens with zero attached hydrogens (tertiary/aromatic N) is 2. The van der Waals surface area contributed by atoms with E-state index in [0.717, 1.165) is 0 Å². The molecule has 150 valence electrons. The maximum absolute atomic E-state index is 13.0. The molecule has 2 aromatic carbocycles. The van der Waals surface area contributed by atoms with Crippen molar-refractivity contribution in [2.24, 2.45) is 0 Å². The number of anilines is 1. The summed E-state index contributed by atoms with van der Waals surface area (Å²) in [4.78, 5) is 37.1. The van der Waals surface area contributed by atoms with Crippen molar-refractivity contribution in [3.8, 4) is 5.69 Å². The lowest BCUT2D eigenvalue weighted by Gasteiger charge is -2.15. The average Bonchev–Trinajstić information content (AvgIpc) is 2.77. The topological polar surface area (TPSA) is 90.3 Å². The van der Waals surface area contributed by atoms with Crippen LogP contribution in [-0.2, 0) is 9.53 Å². The van der Waals surface area contributed by atoms with Crippen LogP contribution in [0.4, 0.5) is 5.82 Å². The van der Waals surface area contributed by atoms with E-state index in [1.54, 1.807) is 67.6 Å². The minimum Gasteiger partial charge on any atom is -0.462 e. The molecule has 1 aliphatic rings. The van der Waals surface area contributed by atoms with Gasteiger partial charge in [0.05, 0.1) is 28.9 Å². The highest BCUT2D eigenvalue weighted by Crippen LogP contribution is 2.22. The first-order chi connectivity index (χ1) is 14.6. The van der Waals surface area contributed by atoms with Crippen molar-refractivity contribution in [3.63, 3.8) is 0 Å². The van der Waals surface area contributed by atoms with Gasteiger partial charge in [0.15, 0.2) is 11.6 Å². The van der Waals surface area contributed by atoms with E-state index >= 15 is 0 Å². The molecule has 4 rings (SSSR count). The molecule has 0 amide bonds. The zero-order chi connectivity index (χ0) is 21.1. The smallest absolute Gasteiger partial charge is 0.338 e. The SMILES string of the molecule is CCOC(=O)c1ccc(-n2nc(NC3=CC=CCC3=O)c3ccccc3c2=O)cc1. The number of ketones is 1. The lowest BCUT2D eigenvalue weighted by Crippen LogP contribution is -2.24. The molecule has 7 nitrogen and oxygen atoms in total. The summed E-state index contributed by atoms with van der Waals surface area (Å²) in [6.45, 7) is 2.02. The Morgan fingerprint density at radius 1 is 1.10 bits per heavy atom. The quantitative estimate of drug-likeness (QED) is 0.659. The lowest BCUT2D eigenvalue weighted by molar-refractivity contribution is -0.114. The van der Waals surface area contributed by atoms with Gasteiger partial charge in [0.1, 0.15) is 0 Å². The number of ether oxygens (including phenoxy) is 1. The predicted octanol–water partition coefficient (Wildman–Crippen LogP) is 3.39. The molecule has 0 spiro atoms. The minimum atomic E-state index is -0.430. The maximum Gasteiger partial charge on any atom is 0.338 e. The Morgan fingerprint density at radius 2 is 1.83 bits per heavy atom. The number of allylic oxidation sites excluding steroid dienone is 4. The van der Waals surface area contributed by atoms with E-state index in [-0.39, 0.29) is 17.9 Å². The first kappa shape index (κ1) is 19.3. The van der Waals surface area contributed by atoms with Crippen LogP contribution in [0.3, 0.4) is 0 Å². The molecule has 0 fully saturated rings. The Labute approximate surface area is 172 Å². The first-order valence-electron chi connectivity index (χ1n) is 9.55. The summed E-state index contributed by atoms with van der Waals surface area (Å²) < 4.78 is 6.25. The van der Waals surface area contributed by atoms with Crippen LogP contribution in [-0.4, -0.2) is 28.1 Å². The van der Waals surface area contributed by atoms with Crippen LogP contribution in [0.5, 0.6) is 0 Å². The molecule has 0 bridgehead atoms. The molecule has 0 saturated heterocycles. The van der Waals surface area contributed by atoms with Crippen molar-refractivity contribution < 1.29 is 14.3 Å². The van der Waals surface area contributed by atoms with Crippen LogP contribution in [0.1, 0.15) is 23.7 Å². The van der Waals surface area contributed by atoms with Crippen LogP contribution in [0.25, 0.3) is 16.5 Å². The molecular weight excluding hydrogens is 382 g/mol. The van der Waals surface area contributed by atoms with Crippen LogP contribution in [0.2, 0.25) is 0 Å². The van der Waals surface area contributed by atoms with Crippen molar-refractivity contribution >= 4 is 28.3 Å². The molecule has 1 aromatic heterocycles. The summed E-state index contributed by atoms with van der Waals surface area (Å²) in [7, 11) is 0. The van der Waals surface area contributed by atoms with Crippen molar-refractivity contribution in [1.29, 1.82) is 0 Å². The van der Waals surface area contributed by atoms with Crippen LogP contribution in [0, 0.1) is 0 Å². The summed E-state index contributed by atoms with van der Waals surface area (Å²) in [6.07, 6.45) is 5.58. The molecule has 30 heavy (non-hydrogen) atoms. The number of hydrogen-bond acceptors (Lipinski definition) is 6. The van der Waals surface area contributed by atoms with E-state index in [0.29, 0.717) is 40.0 Å². The maximum atomic E-state index is 13.0. The zero-order valence-electron chi connectivity index (χ0n) is 16.3. The van der Waals surface area contributed by atoms with Crippen LogP contribution >= 0.6 is 0 Å². The van der Waals surface area contributed by atoms with Gasteiger partial charge in [-0.2, -0.15) is 4.68 Å². The van der Waals surface area contributed by atoms with Gasteiger partial charge in [0, 0.05) is 11.8 Å². The van der Waals surface area contributed by atoms with Gasteiger partial charge in [-0.15, -0.1) is 5.10 Å². The van der Waals surface area contributed by atoms with Crippen molar-refractivity contribution in [1.82, 2.24) is 9.78 Å². The standard InChI is InChI=1S/C23H19N3O4/c1-2-30-23(29)15-11-13-16(14-12-15)26-22(28)18-8-4-3-7-17(18)21(25-26)24-19-9-5-6-10-20(19)27/h3-9,11-14H,2,10H2,1H3,(H,24,25). The number of hydrogen-bond donors (Lipinski definition) is 1. The van der Waals surface area contributed by atoms with E-state index in [1.165, 1.54) is 4.68 Å². The summed E-state index contributed by atoms with van der Waals surface area (Å²) in [5.41, 5.74) is 0.991. The highest BCUT2D eigenvalue weighted by Gasteiger charge is 2.16. The third kappa shape index (κ3) is 3.65. The molecule has 1 heterocycles. The molecule has 0 radical (unpaired) electrons. The number of carbonyl (C=O) groups is 2. The van der Waals surface area contributed by atoms with Gasteiger partial charge in [0.25, 0.3) is 5.56 Å². The van der Waals surface area contributed by atoms with Gasteiger partial charge in [-0.1, -0.05) is 30.4 Å². The number of carbonyl (C=O) groups excluding carboxylic acids is 2. The highest BCUT2D eigenvalue weighted by molar-refractivity contribution is 6.02. The fraction of sp³-hybridized carbons (Fsp3) is 0.130. The predicted molar refractivity (Wildman–Crippen MR) is 114 cm³/mol. The van der Waals surface area contributed by atoms with Gasteiger partial charge < -0.3 is 10.1 Å². The monoisotopic (exact) mass is 401 g/mol. The molecule has 0 saturated carbocycles. The largest absolute Gasteiger partial charge is 0.462 e. The molecule has 0 atom stereocenters. The summed E-state index contributed by atoms with van der Waals surface area (Å²) in [5, 5.41) is 8.62. The first-order valence-corrected chi connectivity index (χ1v) is 9.55. The average molecular weight is 401 g/mol. The van der Waals surface area contributed by atoms with Gasteiger partial charge in [-0.05, 0) is 43.3 Å². The normalized spacial score (nSPS) is 13.2. The number of benzene rings is 2. The number of esters is 1. The second-order valence-corrected chi connectivity index (χ2v) is 6.64. The fourth-order valence-electron chi connectivity index (χ4n) is 3.19. The third-order valence-corrected chi connectivity index (χ3v) is 4.68. The summed E-state index contributed by atoms with van der Waals surface area (Å²) in [5.74, 6) is -0.0875. The molecule has 0 aliphatic heterocycles. The van der Waals surface area contributed by atoms with Gasteiger partial charge in [-0.25, -0.2) is 4.79 Å². The Morgan fingerprint density at radius 3 is 2.53 bits per heavy atom. The van der Waals surface area contributed by atoms with E-state index in [4.69, 9.17) is 4.74 Å². The second kappa shape index (κ2) is 8.16. The lowest BCUT2D eigenvalue weighted by atomic mass is 10.1. The summed E-state index contributed by atoms with van der Waals surface area (Å²) >= 11 is 0. The summed E-state index contributed by atoms with van der Waals surface area (Å²) in [6, 6.07) is 13.5. The van der Waals surface area contributed by atoms with E-state index in [2.05, 4.69) is 10.4 Å². The van der Waals surface area contributed by atoms with Crippen LogP contribution < -0.4 is 10.9 Å². The Bertz CT molecular complexity index is 1250. The Hall–Kier alpha value is -4.00. The number of Topliss-reactive ketones (excluding diaryl/α,β-unsaturated/α-hetero) is 1. The molecule has 0 unspecified atom stereocenters. The highest BCUT2D eigenvalue weighted by atomic mass is 16.5. The number of aromatic nitrogens is 2. The zero-order valence-corrected chi connectivity index (χ0v) is 16.3. The molecule has 3 aromatic rings. The van der Waals surface area contributed by atoms with E-state index in [1.807, 2.05) is 6.07 Å². The second-order valence-electron chi connectivity index (χ2n) is 6.64. The van der Waals surface area contributed by atoms with Gasteiger partial charge in [0.2, 0.25) is 0 Å². The molecule has 7 heteroatoms. The van der Waals surface area contributed by atoms with Crippen LogP contribution in [0.15, 0.2) is 77.3 Å².